The number of methoxy groups -OCH3 is 1. The molecule has 3 heteroatoms. The summed E-state index contributed by atoms with van der Waals surface area (Å²) in [6, 6.07) is 10.1. The van der Waals surface area contributed by atoms with Gasteiger partial charge in [-0.1, -0.05) is 36.4 Å². The molecule has 0 amide bonds. The summed E-state index contributed by atoms with van der Waals surface area (Å²) in [4.78, 5) is 0. The van der Waals surface area contributed by atoms with E-state index in [2.05, 4.69) is 18.2 Å². The predicted octanol–water partition coefficient (Wildman–Crippen LogP) is 2.52. The molecule has 0 N–H and O–H groups in total. The van der Waals surface area contributed by atoms with Crippen LogP contribution in [-0.4, -0.2) is 26.1 Å². The Morgan fingerprint density at radius 1 is 1.29 bits per heavy atom. The highest BCUT2D eigenvalue weighted by molar-refractivity contribution is 5.13. The molecule has 3 nitrogen and oxygen atoms in total. The highest BCUT2D eigenvalue weighted by Crippen LogP contribution is 2.13. The first-order valence-corrected chi connectivity index (χ1v) is 5.85. The van der Waals surface area contributed by atoms with Gasteiger partial charge in [-0.15, -0.1) is 0 Å². The minimum Gasteiger partial charge on any atom is -0.374 e. The number of ether oxygens (including phenoxy) is 3. The van der Waals surface area contributed by atoms with Crippen molar-refractivity contribution in [1.82, 2.24) is 0 Å². The van der Waals surface area contributed by atoms with Gasteiger partial charge in [0, 0.05) is 7.11 Å². The van der Waals surface area contributed by atoms with Crippen molar-refractivity contribution in [2.24, 2.45) is 0 Å². The van der Waals surface area contributed by atoms with Crippen LogP contribution in [0.3, 0.4) is 0 Å². The van der Waals surface area contributed by atoms with E-state index < -0.39 is 0 Å². The summed E-state index contributed by atoms with van der Waals surface area (Å²) in [7, 11) is 1.64. The molecule has 0 unspecified atom stereocenters. The normalized spacial score (nSPS) is 23.8. The van der Waals surface area contributed by atoms with E-state index in [-0.39, 0.29) is 12.4 Å². The average Bonchev–Trinajstić information content (AvgIpc) is 2.40. The second-order valence-electron chi connectivity index (χ2n) is 4.03. The fourth-order valence-corrected chi connectivity index (χ4v) is 1.76. The van der Waals surface area contributed by atoms with Crippen LogP contribution in [0.1, 0.15) is 12.0 Å². The van der Waals surface area contributed by atoms with E-state index in [1.807, 2.05) is 24.3 Å². The topological polar surface area (TPSA) is 27.7 Å². The minimum atomic E-state index is -0.228. The third kappa shape index (κ3) is 3.97. The first-order chi connectivity index (χ1) is 8.38. The van der Waals surface area contributed by atoms with Gasteiger partial charge >= 0.3 is 0 Å². The number of benzene rings is 1. The maximum atomic E-state index is 5.64. The van der Waals surface area contributed by atoms with Crippen LogP contribution in [0.5, 0.6) is 0 Å². The highest BCUT2D eigenvalue weighted by atomic mass is 16.7. The number of rotatable bonds is 5. The molecule has 1 aromatic carbocycles. The molecular weight excluding hydrogens is 216 g/mol. The first kappa shape index (κ1) is 12.3. The molecule has 0 bridgehead atoms. The monoisotopic (exact) mass is 234 g/mol. The van der Waals surface area contributed by atoms with Crippen molar-refractivity contribution in [1.29, 1.82) is 0 Å². The number of hydrogen-bond acceptors (Lipinski definition) is 3. The molecule has 2 rings (SSSR count). The smallest absolute Gasteiger partial charge is 0.176 e. The van der Waals surface area contributed by atoms with Gasteiger partial charge in [0.1, 0.15) is 0 Å². The molecule has 92 valence electrons. The third-order valence-electron chi connectivity index (χ3n) is 2.67. The van der Waals surface area contributed by atoms with Crippen molar-refractivity contribution in [2.45, 2.75) is 25.4 Å². The lowest BCUT2D eigenvalue weighted by atomic mass is 10.2. The molecule has 0 fully saturated rings. The van der Waals surface area contributed by atoms with E-state index in [1.165, 1.54) is 5.56 Å². The van der Waals surface area contributed by atoms with Crippen molar-refractivity contribution in [2.75, 3.05) is 13.7 Å². The zero-order chi connectivity index (χ0) is 11.9. The first-order valence-electron chi connectivity index (χ1n) is 5.85. The summed E-state index contributed by atoms with van der Waals surface area (Å²) in [5, 5.41) is 0. The summed E-state index contributed by atoms with van der Waals surface area (Å²) in [6.45, 7) is 1.22. The van der Waals surface area contributed by atoms with Gasteiger partial charge in [0.15, 0.2) is 6.29 Å². The van der Waals surface area contributed by atoms with Crippen molar-refractivity contribution < 1.29 is 14.2 Å². The molecule has 2 atom stereocenters. The lowest BCUT2D eigenvalue weighted by Gasteiger charge is -2.24. The van der Waals surface area contributed by atoms with Crippen LogP contribution in [0.2, 0.25) is 0 Å². The van der Waals surface area contributed by atoms with E-state index in [1.54, 1.807) is 7.11 Å². The molecule has 0 radical (unpaired) electrons. The fraction of sp³-hybridized carbons (Fsp3) is 0.429. The van der Waals surface area contributed by atoms with Crippen LogP contribution >= 0.6 is 0 Å². The SMILES string of the molecule is CO[C@@H]1C=CC[C@@H](COCc2ccccc2)O1. The van der Waals surface area contributed by atoms with Gasteiger partial charge in [-0.3, -0.25) is 0 Å². The Kier molecular flexibility index (Phi) is 4.74. The Hall–Kier alpha value is -1.16. The van der Waals surface area contributed by atoms with Crippen LogP contribution in [0.15, 0.2) is 42.5 Å². The van der Waals surface area contributed by atoms with Crippen LogP contribution in [-0.2, 0) is 20.8 Å². The van der Waals surface area contributed by atoms with Crippen LogP contribution in [0.25, 0.3) is 0 Å². The Bertz CT molecular complexity index is 348. The molecule has 0 aliphatic carbocycles. The average molecular weight is 234 g/mol. The summed E-state index contributed by atoms with van der Waals surface area (Å²) in [6.07, 6.45) is 4.75. The summed E-state index contributed by atoms with van der Waals surface area (Å²) in [5.41, 5.74) is 1.18. The zero-order valence-electron chi connectivity index (χ0n) is 10.0. The molecule has 17 heavy (non-hydrogen) atoms. The summed E-state index contributed by atoms with van der Waals surface area (Å²) < 4.78 is 16.4. The van der Waals surface area contributed by atoms with E-state index in [4.69, 9.17) is 14.2 Å². The molecule has 0 saturated carbocycles. The standard InChI is InChI=1S/C14H18O3/c1-15-14-9-5-8-13(17-14)11-16-10-12-6-3-2-4-7-12/h2-7,9,13-14H,8,10-11H2,1H3/t13-,14-/m0/s1. The Labute approximate surface area is 102 Å². The summed E-state index contributed by atoms with van der Waals surface area (Å²) >= 11 is 0. The van der Waals surface area contributed by atoms with Gasteiger partial charge in [-0.25, -0.2) is 0 Å². The second kappa shape index (κ2) is 6.55. The van der Waals surface area contributed by atoms with Crippen molar-refractivity contribution in [3.05, 3.63) is 48.0 Å². The van der Waals surface area contributed by atoms with Crippen molar-refractivity contribution in [3.8, 4) is 0 Å². The van der Waals surface area contributed by atoms with Crippen LogP contribution in [0, 0.1) is 0 Å². The maximum absolute atomic E-state index is 5.64. The van der Waals surface area contributed by atoms with Gasteiger partial charge < -0.3 is 14.2 Å². The van der Waals surface area contributed by atoms with Gasteiger partial charge in [0.05, 0.1) is 19.3 Å². The van der Waals surface area contributed by atoms with Gasteiger partial charge in [0.2, 0.25) is 0 Å². The molecule has 1 aromatic rings. The largest absolute Gasteiger partial charge is 0.374 e. The Balaban J connectivity index is 1.71. The van der Waals surface area contributed by atoms with Crippen LogP contribution in [0.4, 0.5) is 0 Å². The predicted molar refractivity (Wildman–Crippen MR) is 65.5 cm³/mol. The summed E-state index contributed by atoms with van der Waals surface area (Å²) in [5.74, 6) is 0. The Morgan fingerprint density at radius 3 is 2.88 bits per heavy atom. The van der Waals surface area contributed by atoms with E-state index in [9.17, 15) is 0 Å². The van der Waals surface area contributed by atoms with E-state index in [0.29, 0.717) is 13.2 Å². The minimum absolute atomic E-state index is 0.0914. The highest BCUT2D eigenvalue weighted by Gasteiger charge is 2.17. The van der Waals surface area contributed by atoms with Gasteiger partial charge in [-0.05, 0) is 18.1 Å². The van der Waals surface area contributed by atoms with Crippen molar-refractivity contribution >= 4 is 0 Å². The zero-order valence-corrected chi connectivity index (χ0v) is 10.0. The van der Waals surface area contributed by atoms with Crippen molar-refractivity contribution in [3.63, 3.8) is 0 Å². The lowest BCUT2D eigenvalue weighted by Crippen LogP contribution is -2.29. The van der Waals surface area contributed by atoms with Gasteiger partial charge in [-0.2, -0.15) is 0 Å². The molecular formula is C14H18O3. The molecule has 1 aliphatic rings. The van der Waals surface area contributed by atoms with Crippen LogP contribution < -0.4 is 0 Å². The molecule has 0 spiro atoms. The molecule has 1 aliphatic heterocycles. The molecule has 0 aromatic heterocycles. The second-order valence-corrected chi connectivity index (χ2v) is 4.03. The van der Waals surface area contributed by atoms with Gasteiger partial charge in [0.25, 0.3) is 0 Å². The lowest BCUT2D eigenvalue weighted by molar-refractivity contribution is -0.149. The maximum Gasteiger partial charge on any atom is 0.176 e. The quantitative estimate of drug-likeness (QED) is 0.733. The number of hydrogen-bond donors (Lipinski definition) is 0. The molecule has 1 heterocycles. The fourth-order valence-electron chi connectivity index (χ4n) is 1.76. The molecule has 0 saturated heterocycles. The third-order valence-corrected chi connectivity index (χ3v) is 2.67. The Morgan fingerprint density at radius 2 is 2.12 bits per heavy atom. The van der Waals surface area contributed by atoms with E-state index in [0.717, 1.165) is 6.42 Å². The van der Waals surface area contributed by atoms with E-state index >= 15 is 0 Å².